The van der Waals surface area contributed by atoms with Gasteiger partial charge >= 0.3 is 0 Å². The van der Waals surface area contributed by atoms with Gasteiger partial charge in [0, 0.05) is 30.4 Å². The standard InChI is InChI=1S/C25H31N3O5S/c1-3-33-21-10-8-20(9-11-21)26-24(29)17-27-23-13-12-22(16-19(23)7-14-25(27)30)34(31,32)28-15-5-4-6-18(28)2/h8-13,16,18H,3-7,14-15,17H2,1-2H3,(H,26,29)/t18-/m1/s1. The Morgan fingerprint density at radius 1 is 1.12 bits per heavy atom. The summed E-state index contributed by atoms with van der Waals surface area (Å²) in [5.74, 6) is 0.226. The quantitative estimate of drug-likeness (QED) is 0.647. The van der Waals surface area contributed by atoms with Crippen molar-refractivity contribution in [3.63, 3.8) is 0 Å². The zero-order valence-corrected chi connectivity index (χ0v) is 20.4. The summed E-state index contributed by atoms with van der Waals surface area (Å²) in [7, 11) is -3.61. The van der Waals surface area contributed by atoms with Crippen molar-refractivity contribution < 1.29 is 22.7 Å². The van der Waals surface area contributed by atoms with E-state index >= 15 is 0 Å². The highest BCUT2D eigenvalue weighted by Crippen LogP contribution is 2.32. The third-order valence-corrected chi connectivity index (χ3v) is 8.36. The first-order valence-electron chi connectivity index (χ1n) is 11.8. The molecule has 2 amide bonds. The van der Waals surface area contributed by atoms with E-state index in [2.05, 4.69) is 5.32 Å². The molecule has 0 unspecified atom stereocenters. The van der Waals surface area contributed by atoms with Gasteiger partial charge in [-0.05, 0) is 81.1 Å². The molecule has 1 fully saturated rings. The molecule has 0 aromatic heterocycles. The molecule has 9 heteroatoms. The Labute approximate surface area is 200 Å². The summed E-state index contributed by atoms with van der Waals surface area (Å²) in [5.41, 5.74) is 1.96. The number of nitrogens with one attached hydrogen (secondary N) is 1. The number of piperidine rings is 1. The average Bonchev–Trinajstić information content (AvgIpc) is 2.82. The lowest BCUT2D eigenvalue weighted by Crippen LogP contribution is -2.42. The van der Waals surface area contributed by atoms with Crippen molar-refractivity contribution in [1.29, 1.82) is 0 Å². The monoisotopic (exact) mass is 485 g/mol. The van der Waals surface area contributed by atoms with Gasteiger partial charge in [0.2, 0.25) is 21.8 Å². The number of anilines is 2. The van der Waals surface area contributed by atoms with E-state index in [1.807, 2.05) is 13.8 Å². The van der Waals surface area contributed by atoms with Gasteiger partial charge in [0.1, 0.15) is 12.3 Å². The van der Waals surface area contributed by atoms with Gasteiger partial charge < -0.3 is 15.0 Å². The molecule has 2 aliphatic heterocycles. The summed E-state index contributed by atoms with van der Waals surface area (Å²) >= 11 is 0. The van der Waals surface area contributed by atoms with Gasteiger partial charge in [-0.25, -0.2) is 8.42 Å². The minimum Gasteiger partial charge on any atom is -0.494 e. The van der Waals surface area contributed by atoms with E-state index in [0.717, 1.165) is 24.8 Å². The largest absolute Gasteiger partial charge is 0.494 e. The van der Waals surface area contributed by atoms with Gasteiger partial charge in [0.25, 0.3) is 0 Å². The Morgan fingerprint density at radius 3 is 2.59 bits per heavy atom. The summed E-state index contributed by atoms with van der Waals surface area (Å²) in [6.07, 6.45) is 3.43. The molecular formula is C25H31N3O5S. The highest BCUT2D eigenvalue weighted by Gasteiger charge is 2.33. The van der Waals surface area contributed by atoms with Crippen molar-refractivity contribution in [2.75, 3.05) is 29.9 Å². The van der Waals surface area contributed by atoms with Crippen LogP contribution in [0.5, 0.6) is 5.75 Å². The summed E-state index contributed by atoms with van der Waals surface area (Å²) in [5, 5.41) is 2.80. The molecule has 1 N–H and O–H groups in total. The second kappa shape index (κ2) is 10.1. The lowest BCUT2D eigenvalue weighted by molar-refractivity contribution is -0.121. The Hall–Kier alpha value is -2.91. The fourth-order valence-electron chi connectivity index (χ4n) is 4.58. The number of carbonyl (C=O) groups is 2. The number of sulfonamides is 1. The van der Waals surface area contributed by atoms with Gasteiger partial charge in [-0.1, -0.05) is 6.42 Å². The molecule has 2 aromatic carbocycles. The number of fused-ring (bicyclic) bond motifs is 1. The first kappa shape index (κ1) is 24.2. The summed E-state index contributed by atoms with van der Waals surface area (Å²) in [6.45, 7) is 4.78. The molecule has 0 saturated carbocycles. The number of nitrogens with zero attached hydrogens (tertiary/aromatic N) is 2. The lowest BCUT2D eigenvalue weighted by atomic mass is 10.0. The zero-order chi connectivity index (χ0) is 24.3. The first-order chi connectivity index (χ1) is 16.3. The molecule has 2 aromatic rings. The molecule has 34 heavy (non-hydrogen) atoms. The Bertz CT molecular complexity index is 1160. The van der Waals surface area contributed by atoms with Crippen LogP contribution < -0.4 is 15.0 Å². The van der Waals surface area contributed by atoms with Gasteiger partial charge in [0.05, 0.1) is 11.5 Å². The minimum absolute atomic E-state index is 0.0286. The number of hydrogen-bond acceptors (Lipinski definition) is 5. The average molecular weight is 486 g/mol. The summed E-state index contributed by atoms with van der Waals surface area (Å²) < 4.78 is 33.5. The van der Waals surface area contributed by atoms with E-state index in [0.29, 0.717) is 36.7 Å². The zero-order valence-electron chi connectivity index (χ0n) is 19.6. The normalized spacial score (nSPS) is 18.9. The van der Waals surface area contributed by atoms with Gasteiger partial charge in [-0.2, -0.15) is 4.31 Å². The second-order valence-corrected chi connectivity index (χ2v) is 10.6. The van der Waals surface area contributed by atoms with Crippen molar-refractivity contribution in [1.82, 2.24) is 4.31 Å². The van der Waals surface area contributed by atoms with Crippen LogP contribution in [0.15, 0.2) is 47.4 Å². The maximum absolute atomic E-state index is 13.2. The molecule has 0 spiro atoms. The smallest absolute Gasteiger partial charge is 0.244 e. The molecule has 0 aliphatic carbocycles. The molecule has 0 radical (unpaired) electrons. The molecule has 0 bridgehead atoms. The number of rotatable bonds is 7. The van der Waals surface area contributed by atoms with E-state index < -0.39 is 10.0 Å². The Kier molecular flexibility index (Phi) is 7.23. The summed E-state index contributed by atoms with van der Waals surface area (Å²) in [6, 6.07) is 11.9. The van der Waals surface area contributed by atoms with E-state index in [1.165, 1.54) is 4.90 Å². The maximum atomic E-state index is 13.2. The van der Waals surface area contributed by atoms with Crippen LogP contribution in [0.1, 0.15) is 45.1 Å². The van der Waals surface area contributed by atoms with Crippen LogP contribution in [0.3, 0.4) is 0 Å². The fraction of sp³-hybridized carbons (Fsp3) is 0.440. The summed E-state index contributed by atoms with van der Waals surface area (Å²) in [4.78, 5) is 27.0. The van der Waals surface area contributed by atoms with E-state index in [4.69, 9.17) is 4.74 Å². The Morgan fingerprint density at radius 2 is 1.88 bits per heavy atom. The minimum atomic E-state index is -3.61. The van der Waals surface area contributed by atoms with Crippen molar-refractivity contribution >= 4 is 33.2 Å². The number of amides is 2. The van der Waals surface area contributed by atoms with Crippen LogP contribution in [0, 0.1) is 0 Å². The van der Waals surface area contributed by atoms with Crippen LogP contribution in [0.25, 0.3) is 0 Å². The van der Waals surface area contributed by atoms with Gasteiger partial charge in [0.15, 0.2) is 0 Å². The highest BCUT2D eigenvalue weighted by atomic mass is 32.2. The topological polar surface area (TPSA) is 96.0 Å². The first-order valence-corrected chi connectivity index (χ1v) is 13.2. The molecule has 182 valence electrons. The van der Waals surface area contributed by atoms with Gasteiger partial charge in [-0.3, -0.25) is 9.59 Å². The van der Waals surface area contributed by atoms with Crippen LogP contribution in [0.4, 0.5) is 11.4 Å². The van der Waals surface area contributed by atoms with Crippen molar-refractivity contribution in [2.24, 2.45) is 0 Å². The predicted octanol–water partition coefficient (Wildman–Crippen LogP) is 3.57. The van der Waals surface area contributed by atoms with Crippen LogP contribution >= 0.6 is 0 Å². The molecule has 2 aliphatic rings. The number of ether oxygens (including phenoxy) is 1. The molecule has 2 heterocycles. The predicted molar refractivity (Wildman–Crippen MR) is 131 cm³/mol. The second-order valence-electron chi connectivity index (χ2n) is 8.74. The highest BCUT2D eigenvalue weighted by molar-refractivity contribution is 7.89. The van der Waals surface area contributed by atoms with Crippen LogP contribution in [-0.2, 0) is 26.0 Å². The van der Waals surface area contributed by atoms with Crippen LogP contribution in [-0.4, -0.2) is 50.3 Å². The van der Waals surface area contributed by atoms with E-state index in [-0.39, 0.29) is 35.7 Å². The van der Waals surface area contributed by atoms with E-state index in [9.17, 15) is 18.0 Å². The SMILES string of the molecule is CCOc1ccc(NC(=O)CN2C(=O)CCc3cc(S(=O)(=O)N4CCCC[C@H]4C)ccc32)cc1. The molecule has 8 nitrogen and oxygen atoms in total. The molecule has 4 rings (SSSR count). The van der Waals surface area contributed by atoms with Crippen LogP contribution in [0.2, 0.25) is 0 Å². The van der Waals surface area contributed by atoms with Gasteiger partial charge in [-0.15, -0.1) is 0 Å². The third kappa shape index (κ3) is 5.10. The number of aryl methyl sites for hydroxylation is 1. The number of carbonyl (C=O) groups excluding carboxylic acids is 2. The molecular weight excluding hydrogens is 454 g/mol. The molecule has 1 atom stereocenters. The van der Waals surface area contributed by atoms with E-state index in [1.54, 1.807) is 46.8 Å². The third-order valence-electron chi connectivity index (χ3n) is 6.35. The van der Waals surface area contributed by atoms with Crippen molar-refractivity contribution in [3.8, 4) is 5.75 Å². The van der Waals surface area contributed by atoms with Crippen molar-refractivity contribution in [2.45, 2.75) is 56.9 Å². The Balaban J connectivity index is 1.50. The molecule has 1 saturated heterocycles. The van der Waals surface area contributed by atoms with Crippen molar-refractivity contribution in [3.05, 3.63) is 48.0 Å². The number of benzene rings is 2. The fourth-order valence-corrected chi connectivity index (χ4v) is 6.33. The maximum Gasteiger partial charge on any atom is 0.244 e. The number of hydrogen-bond donors (Lipinski definition) is 1. The lowest BCUT2D eigenvalue weighted by Gasteiger charge is -2.33.